The van der Waals surface area contributed by atoms with Gasteiger partial charge in [-0.3, -0.25) is 0 Å². The van der Waals surface area contributed by atoms with Gasteiger partial charge in [0, 0.05) is 0 Å². The zero-order valence-corrected chi connectivity index (χ0v) is 12.0. The smallest absolute Gasteiger partial charge is 0.236 e. The van der Waals surface area contributed by atoms with E-state index in [9.17, 15) is 0 Å². The molecule has 0 saturated heterocycles. The third-order valence-corrected chi connectivity index (χ3v) is 3.61. The minimum Gasteiger partial charge on any atom is -0.474 e. The van der Waals surface area contributed by atoms with E-state index >= 15 is 0 Å². The average Bonchev–Trinajstić information content (AvgIpc) is 3.28. The second-order valence-corrected chi connectivity index (χ2v) is 5.12. The highest BCUT2D eigenvalue weighted by Gasteiger charge is 2.23. The summed E-state index contributed by atoms with van der Waals surface area (Å²) in [6, 6.07) is 15.9. The molecule has 0 unspecified atom stereocenters. The van der Waals surface area contributed by atoms with Crippen LogP contribution < -0.4 is 0 Å². The lowest BCUT2D eigenvalue weighted by Crippen LogP contribution is -2.09. The average molecular weight is 293 g/mol. The van der Waals surface area contributed by atoms with Gasteiger partial charge in [-0.15, -0.1) is 0 Å². The minimum absolute atomic E-state index is 0.0294. The maximum absolute atomic E-state index is 5.73. The van der Waals surface area contributed by atoms with Crippen LogP contribution in [0.5, 0.6) is 0 Å². The zero-order valence-electron chi connectivity index (χ0n) is 12.0. The molecule has 22 heavy (non-hydrogen) atoms. The Morgan fingerprint density at radius 1 is 0.864 bits per heavy atom. The van der Waals surface area contributed by atoms with Crippen LogP contribution in [0.4, 0.5) is 0 Å². The van der Waals surface area contributed by atoms with Crippen molar-refractivity contribution in [2.24, 2.45) is 9.98 Å². The van der Waals surface area contributed by atoms with Crippen molar-refractivity contribution in [2.75, 3.05) is 19.8 Å². The first kappa shape index (κ1) is 13.0. The van der Waals surface area contributed by atoms with Gasteiger partial charge in [-0.1, -0.05) is 36.4 Å². The van der Waals surface area contributed by atoms with E-state index in [4.69, 9.17) is 9.47 Å². The highest BCUT2D eigenvalue weighted by Crippen LogP contribution is 2.24. The fraction of sp³-hybridized carbons (Fsp3) is 0.235. The first-order valence-corrected chi connectivity index (χ1v) is 7.31. The van der Waals surface area contributed by atoms with Crippen LogP contribution in [0.2, 0.25) is 0 Å². The summed E-state index contributed by atoms with van der Waals surface area (Å²) in [6.07, 6.45) is 0. The van der Waals surface area contributed by atoms with Crippen LogP contribution in [0.15, 0.2) is 58.5 Å². The lowest BCUT2D eigenvalue weighted by atomic mass is 10.1. The normalized spacial score (nSPS) is 20.1. The summed E-state index contributed by atoms with van der Waals surface area (Å²) < 4.78 is 11.2. The summed E-state index contributed by atoms with van der Waals surface area (Å²) >= 11 is 0. The van der Waals surface area contributed by atoms with Crippen molar-refractivity contribution in [3.05, 3.63) is 65.5 Å². The van der Waals surface area contributed by atoms with Gasteiger partial charge in [-0.05, 0) is 17.7 Å². The number of ether oxygens (including phenoxy) is 2. The molecule has 0 bridgehead atoms. The van der Waals surface area contributed by atoms with Crippen LogP contribution in [-0.4, -0.2) is 36.5 Å². The summed E-state index contributed by atoms with van der Waals surface area (Å²) in [7, 11) is 0. The van der Waals surface area contributed by atoms with Gasteiger partial charge in [-0.2, -0.15) is 0 Å². The number of pyridine rings is 1. The van der Waals surface area contributed by atoms with Crippen molar-refractivity contribution < 1.29 is 9.47 Å². The Morgan fingerprint density at radius 3 is 2.45 bits per heavy atom. The first-order valence-electron chi connectivity index (χ1n) is 7.31. The van der Waals surface area contributed by atoms with E-state index in [1.807, 2.05) is 36.4 Å². The van der Waals surface area contributed by atoms with Crippen LogP contribution in [0.3, 0.4) is 0 Å². The van der Waals surface area contributed by atoms with Gasteiger partial charge in [0.25, 0.3) is 0 Å². The van der Waals surface area contributed by atoms with Gasteiger partial charge in [0.2, 0.25) is 11.8 Å². The second kappa shape index (κ2) is 5.60. The molecule has 2 aliphatic rings. The Kier molecular flexibility index (Phi) is 3.31. The molecule has 4 rings (SSSR count). The van der Waals surface area contributed by atoms with Crippen LogP contribution in [-0.2, 0) is 9.47 Å². The lowest BCUT2D eigenvalue weighted by molar-refractivity contribution is 0.319. The molecule has 5 nitrogen and oxygen atoms in total. The molecule has 2 aliphatic heterocycles. The largest absolute Gasteiger partial charge is 0.474 e. The van der Waals surface area contributed by atoms with E-state index in [0.717, 1.165) is 11.3 Å². The highest BCUT2D eigenvalue weighted by molar-refractivity contribution is 5.97. The molecule has 110 valence electrons. The Hall–Kier alpha value is -2.69. The van der Waals surface area contributed by atoms with Gasteiger partial charge in [-0.25, -0.2) is 15.0 Å². The van der Waals surface area contributed by atoms with Crippen molar-refractivity contribution in [1.82, 2.24) is 4.98 Å². The molecule has 3 heterocycles. The van der Waals surface area contributed by atoms with Gasteiger partial charge in [0.15, 0.2) is 0 Å². The predicted molar refractivity (Wildman–Crippen MR) is 83.3 cm³/mol. The molecule has 0 N–H and O–H groups in total. The van der Waals surface area contributed by atoms with Crippen molar-refractivity contribution in [3.8, 4) is 0 Å². The van der Waals surface area contributed by atoms with Crippen molar-refractivity contribution >= 4 is 11.8 Å². The van der Waals surface area contributed by atoms with Crippen LogP contribution in [0.1, 0.15) is 23.0 Å². The molecule has 5 heteroatoms. The molecule has 0 fully saturated rings. The van der Waals surface area contributed by atoms with Crippen LogP contribution in [0, 0.1) is 0 Å². The number of hydrogen-bond acceptors (Lipinski definition) is 5. The number of rotatable bonds is 3. The third-order valence-electron chi connectivity index (χ3n) is 3.61. The number of aromatic nitrogens is 1. The quantitative estimate of drug-likeness (QED) is 0.873. The molecular weight excluding hydrogens is 278 g/mol. The SMILES string of the molecule is c1ccc([C@@H]2COC(c3cccc(C4=NCCO4)n3)=N2)cc1. The molecule has 1 aromatic carbocycles. The molecule has 1 aromatic heterocycles. The number of aliphatic imine (C=N–C) groups is 2. The molecule has 0 amide bonds. The number of nitrogens with zero attached hydrogens (tertiary/aromatic N) is 3. The van der Waals surface area contributed by atoms with Crippen molar-refractivity contribution in [1.29, 1.82) is 0 Å². The lowest BCUT2D eigenvalue weighted by Gasteiger charge is -2.04. The summed E-state index contributed by atoms with van der Waals surface area (Å²) in [5.74, 6) is 1.18. The monoisotopic (exact) mass is 293 g/mol. The number of benzene rings is 1. The Labute approximate surface area is 128 Å². The maximum Gasteiger partial charge on any atom is 0.236 e. The van der Waals surface area contributed by atoms with Gasteiger partial charge < -0.3 is 9.47 Å². The molecule has 0 saturated carbocycles. The minimum atomic E-state index is 0.0294. The molecule has 0 aliphatic carbocycles. The zero-order chi connectivity index (χ0) is 14.8. The Morgan fingerprint density at radius 2 is 1.68 bits per heavy atom. The Bertz CT molecular complexity index is 741. The van der Waals surface area contributed by atoms with E-state index in [-0.39, 0.29) is 6.04 Å². The first-order chi connectivity index (χ1) is 10.9. The molecule has 2 aromatic rings. The third kappa shape index (κ3) is 2.45. The van der Waals surface area contributed by atoms with E-state index < -0.39 is 0 Å². The topological polar surface area (TPSA) is 56.1 Å². The fourth-order valence-electron chi connectivity index (χ4n) is 2.52. The van der Waals surface area contributed by atoms with E-state index in [1.54, 1.807) is 0 Å². The van der Waals surface area contributed by atoms with E-state index in [2.05, 4.69) is 27.1 Å². The summed E-state index contributed by atoms with van der Waals surface area (Å²) in [4.78, 5) is 13.5. The standard InChI is InChI=1S/C17H15N3O2/c1-2-5-12(6-3-1)15-11-22-17(20-15)14-8-4-7-13(19-14)16-18-9-10-21-16/h1-8,15H,9-11H2/t15-/m0/s1. The van der Waals surface area contributed by atoms with Crippen LogP contribution in [0.25, 0.3) is 0 Å². The summed E-state index contributed by atoms with van der Waals surface area (Å²) in [6.45, 7) is 1.85. The maximum atomic E-state index is 5.73. The Balaban J connectivity index is 1.61. The number of hydrogen-bond donors (Lipinski definition) is 0. The van der Waals surface area contributed by atoms with Gasteiger partial charge >= 0.3 is 0 Å². The summed E-state index contributed by atoms with van der Waals surface area (Å²) in [5, 5.41) is 0. The molecule has 0 spiro atoms. The van der Waals surface area contributed by atoms with E-state index in [0.29, 0.717) is 37.2 Å². The van der Waals surface area contributed by atoms with Crippen molar-refractivity contribution in [2.45, 2.75) is 6.04 Å². The molecular formula is C17H15N3O2. The highest BCUT2D eigenvalue weighted by atomic mass is 16.5. The van der Waals surface area contributed by atoms with E-state index in [1.165, 1.54) is 0 Å². The second-order valence-electron chi connectivity index (χ2n) is 5.12. The van der Waals surface area contributed by atoms with Gasteiger partial charge in [0.05, 0.1) is 6.54 Å². The van der Waals surface area contributed by atoms with Crippen molar-refractivity contribution in [3.63, 3.8) is 0 Å². The predicted octanol–water partition coefficient (Wildman–Crippen LogP) is 2.38. The van der Waals surface area contributed by atoms with Gasteiger partial charge in [0.1, 0.15) is 30.6 Å². The molecule has 1 atom stereocenters. The fourth-order valence-corrected chi connectivity index (χ4v) is 2.52. The summed E-state index contributed by atoms with van der Waals surface area (Å²) in [5.41, 5.74) is 2.59. The molecule has 0 radical (unpaired) electrons. The van der Waals surface area contributed by atoms with Crippen LogP contribution >= 0.6 is 0 Å².